The highest BCUT2D eigenvalue weighted by atomic mass is 32.2. The maximum Gasteiger partial charge on any atom is 0.316 e. The van der Waals surface area contributed by atoms with Crippen LogP contribution in [0.4, 0.5) is 0 Å². The second-order valence-electron chi connectivity index (χ2n) is 4.51. The van der Waals surface area contributed by atoms with Crippen LogP contribution in [-0.4, -0.2) is 28.3 Å². The number of hydrogen-bond donors (Lipinski definition) is 1. The number of carbonyl (C=O) groups is 1. The monoisotopic (exact) mass is 298 g/mol. The minimum absolute atomic E-state index is 0.171. The molecular formula is C14H22N2O3S. The predicted molar refractivity (Wildman–Crippen MR) is 80.1 cm³/mol. The Morgan fingerprint density at radius 3 is 2.85 bits per heavy atom. The van der Waals surface area contributed by atoms with E-state index in [1.807, 2.05) is 6.92 Å². The second kappa shape index (κ2) is 9.58. The summed E-state index contributed by atoms with van der Waals surface area (Å²) in [5.74, 6) is -0.0976. The quantitative estimate of drug-likeness (QED) is 0.328. The summed E-state index contributed by atoms with van der Waals surface area (Å²) in [6, 6.07) is 1.50. The molecule has 0 aliphatic heterocycles. The van der Waals surface area contributed by atoms with Crippen LogP contribution in [0.15, 0.2) is 16.0 Å². The second-order valence-corrected chi connectivity index (χ2v) is 5.47. The minimum Gasteiger partial charge on any atom is -0.465 e. The van der Waals surface area contributed by atoms with E-state index in [9.17, 15) is 9.59 Å². The van der Waals surface area contributed by atoms with Gasteiger partial charge in [-0.2, -0.15) is 0 Å². The first-order valence-corrected chi connectivity index (χ1v) is 8.03. The molecule has 0 atom stereocenters. The number of thioether (sulfide) groups is 1. The molecule has 20 heavy (non-hydrogen) atoms. The van der Waals surface area contributed by atoms with Crippen LogP contribution in [0.5, 0.6) is 0 Å². The number of aromatic nitrogens is 2. The molecule has 0 aliphatic rings. The highest BCUT2D eigenvalue weighted by Gasteiger charge is 2.07. The number of aromatic amines is 1. The van der Waals surface area contributed by atoms with Crippen molar-refractivity contribution in [2.24, 2.45) is 0 Å². The molecule has 1 aromatic heterocycles. The van der Waals surface area contributed by atoms with Gasteiger partial charge in [0.2, 0.25) is 0 Å². The standard InChI is InChI=1S/C14H22N2O3S/c1-3-5-6-8-19-13(18)10-20-14-15-11(7-4-2)9-12(17)16-14/h9H,3-8,10H2,1-2H3,(H,15,16,17). The van der Waals surface area contributed by atoms with Gasteiger partial charge >= 0.3 is 5.97 Å². The summed E-state index contributed by atoms with van der Waals surface area (Å²) in [6.07, 6.45) is 4.75. The lowest BCUT2D eigenvalue weighted by Gasteiger charge is -2.05. The molecule has 0 bridgehead atoms. The number of H-pyrrole nitrogens is 1. The molecule has 1 rings (SSSR count). The predicted octanol–water partition coefficient (Wildman–Crippen LogP) is 2.55. The third kappa shape index (κ3) is 6.75. The molecule has 112 valence electrons. The van der Waals surface area contributed by atoms with Crippen LogP contribution >= 0.6 is 11.8 Å². The molecule has 0 unspecified atom stereocenters. The maximum atomic E-state index is 11.5. The van der Waals surface area contributed by atoms with Crippen molar-refractivity contribution in [3.63, 3.8) is 0 Å². The summed E-state index contributed by atoms with van der Waals surface area (Å²) in [7, 11) is 0. The Balaban J connectivity index is 2.40. The summed E-state index contributed by atoms with van der Waals surface area (Å²) in [5.41, 5.74) is 0.581. The minimum atomic E-state index is -0.269. The van der Waals surface area contributed by atoms with E-state index in [2.05, 4.69) is 16.9 Å². The van der Waals surface area contributed by atoms with E-state index in [1.165, 1.54) is 17.8 Å². The van der Waals surface area contributed by atoms with Gasteiger partial charge in [0, 0.05) is 11.8 Å². The van der Waals surface area contributed by atoms with Crippen molar-refractivity contribution in [3.05, 3.63) is 22.1 Å². The molecule has 6 heteroatoms. The molecule has 0 radical (unpaired) electrons. The van der Waals surface area contributed by atoms with Crippen molar-refractivity contribution in [1.29, 1.82) is 0 Å². The lowest BCUT2D eigenvalue weighted by atomic mass is 10.2. The van der Waals surface area contributed by atoms with Crippen LogP contribution < -0.4 is 5.56 Å². The number of carbonyl (C=O) groups excluding carboxylic acids is 1. The number of esters is 1. The summed E-state index contributed by atoms with van der Waals surface area (Å²) >= 11 is 1.21. The van der Waals surface area contributed by atoms with Gasteiger partial charge in [0.25, 0.3) is 5.56 Å². The number of unbranched alkanes of at least 4 members (excludes halogenated alkanes) is 2. The highest BCUT2D eigenvalue weighted by molar-refractivity contribution is 7.99. The van der Waals surface area contributed by atoms with Crippen LogP contribution in [0, 0.1) is 0 Å². The van der Waals surface area contributed by atoms with Crippen molar-refractivity contribution in [1.82, 2.24) is 9.97 Å². The maximum absolute atomic E-state index is 11.5. The molecule has 0 saturated carbocycles. The molecule has 1 heterocycles. The molecule has 0 amide bonds. The van der Waals surface area contributed by atoms with E-state index >= 15 is 0 Å². The molecule has 1 N–H and O–H groups in total. The number of hydrogen-bond acceptors (Lipinski definition) is 5. The third-order valence-corrected chi connectivity index (χ3v) is 3.46. The van der Waals surface area contributed by atoms with Crippen molar-refractivity contribution in [2.75, 3.05) is 12.4 Å². The molecular weight excluding hydrogens is 276 g/mol. The SMILES string of the molecule is CCCCCOC(=O)CSc1nc(CCC)cc(=O)[nH]1. The molecule has 0 fully saturated rings. The van der Waals surface area contributed by atoms with Gasteiger partial charge in [0.05, 0.1) is 12.4 Å². The van der Waals surface area contributed by atoms with E-state index in [0.29, 0.717) is 11.8 Å². The normalized spacial score (nSPS) is 10.5. The van der Waals surface area contributed by atoms with Gasteiger partial charge in [-0.25, -0.2) is 4.98 Å². The van der Waals surface area contributed by atoms with Crippen molar-refractivity contribution in [2.45, 2.75) is 51.1 Å². The van der Waals surface area contributed by atoms with E-state index in [4.69, 9.17) is 4.74 Å². The number of nitrogens with zero attached hydrogens (tertiary/aromatic N) is 1. The molecule has 1 aromatic rings. The summed E-state index contributed by atoms with van der Waals surface area (Å²) < 4.78 is 5.09. The zero-order valence-electron chi connectivity index (χ0n) is 12.1. The number of nitrogens with one attached hydrogen (secondary N) is 1. The summed E-state index contributed by atoms with van der Waals surface area (Å²) in [5, 5.41) is 0.478. The lowest BCUT2D eigenvalue weighted by molar-refractivity contribution is -0.140. The van der Waals surface area contributed by atoms with Crippen LogP contribution in [0.2, 0.25) is 0 Å². The Morgan fingerprint density at radius 1 is 1.35 bits per heavy atom. The fraction of sp³-hybridized carbons (Fsp3) is 0.643. The Bertz CT molecular complexity index is 474. The van der Waals surface area contributed by atoms with Gasteiger partial charge in [0.15, 0.2) is 5.16 Å². The van der Waals surface area contributed by atoms with Gasteiger partial charge in [-0.3, -0.25) is 9.59 Å². The number of rotatable bonds is 9. The van der Waals surface area contributed by atoms with Crippen molar-refractivity contribution in [3.8, 4) is 0 Å². The lowest BCUT2D eigenvalue weighted by Crippen LogP contribution is -2.12. The smallest absolute Gasteiger partial charge is 0.316 e. The Morgan fingerprint density at radius 2 is 2.15 bits per heavy atom. The van der Waals surface area contributed by atoms with E-state index < -0.39 is 0 Å². The Kier molecular flexibility index (Phi) is 8.02. The van der Waals surface area contributed by atoms with Gasteiger partial charge in [-0.05, 0) is 12.8 Å². The fourth-order valence-electron chi connectivity index (χ4n) is 1.64. The van der Waals surface area contributed by atoms with Crippen LogP contribution in [0.1, 0.15) is 45.2 Å². The average molecular weight is 298 g/mol. The number of aryl methyl sites for hydroxylation is 1. The largest absolute Gasteiger partial charge is 0.465 e. The highest BCUT2D eigenvalue weighted by Crippen LogP contribution is 2.12. The number of ether oxygens (including phenoxy) is 1. The summed E-state index contributed by atoms with van der Waals surface area (Å²) in [4.78, 5) is 29.9. The van der Waals surface area contributed by atoms with Crippen LogP contribution in [0.25, 0.3) is 0 Å². The zero-order valence-corrected chi connectivity index (χ0v) is 12.9. The van der Waals surface area contributed by atoms with E-state index in [1.54, 1.807) is 0 Å². The Labute approximate surface area is 123 Å². The van der Waals surface area contributed by atoms with Crippen molar-refractivity contribution >= 4 is 17.7 Å². The van der Waals surface area contributed by atoms with Gasteiger partial charge in [0.1, 0.15) is 0 Å². The third-order valence-electron chi connectivity index (χ3n) is 2.62. The van der Waals surface area contributed by atoms with Crippen LogP contribution in [0.3, 0.4) is 0 Å². The van der Waals surface area contributed by atoms with Crippen molar-refractivity contribution < 1.29 is 9.53 Å². The summed E-state index contributed by atoms with van der Waals surface area (Å²) in [6.45, 7) is 4.60. The average Bonchev–Trinajstić information content (AvgIpc) is 2.41. The molecule has 0 spiro atoms. The molecule has 0 aromatic carbocycles. The van der Waals surface area contributed by atoms with E-state index in [-0.39, 0.29) is 17.3 Å². The topological polar surface area (TPSA) is 72.0 Å². The zero-order chi connectivity index (χ0) is 14.8. The first-order chi connectivity index (χ1) is 9.65. The van der Waals surface area contributed by atoms with Gasteiger partial charge in [-0.1, -0.05) is 44.9 Å². The molecule has 0 saturated heterocycles. The van der Waals surface area contributed by atoms with Gasteiger partial charge in [-0.15, -0.1) is 0 Å². The fourth-order valence-corrected chi connectivity index (χ4v) is 2.34. The van der Waals surface area contributed by atoms with E-state index in [0.717, 1.165) is 37.8 Å². The Hall–Kier alpha value is -1.30. The first kappa shape index (κ1) is 16.8. The first-order valence-electron chi connectivity index (χ1n) is 7.04. The van der Waals surface area contributed by atoms with Crippen LogP contribution in [-0.2, 0) is 16.0 Å². The molecule has 5 nitrogen and oxygen atoms in total. The van der Waals surface area contributed by atoms with Gasteiger partial charge < -0.3 is 9.72 Å². The molecule has 0 aliphatic carbocycles.